The Bertz CT molecular complexity index is 1040. The quantitative estimate of drug-likeness (QED) is 0.446. The van der Waals surface area contributed by atoms with Crippen molar-refractivity contribution in [3.05, 3.63) is 77.4 Å². The molecule has 0 radical (unpaired) electrons. The topological polar surface area (TPSA) is 25.8 Å². The highest BCUT2D eigenvalue weighted by molar-refractivity contribution is 5.68. The average Bonchev–Trinajstić information content (AvgIpc) is 2.66. The first-order valence-electron chi connectivity index (χ1n) is 8.09. The van der Waals surface area contributed by atoms with Gasteiger partial charge in [0.1, 0.15) is 23.0 Å². The Morgan fingerprint density at radius 2 is 1.31 bits per heavy atom. The van der Waals surface area contributed by atoms with E-state index in [4.69, 9.17) is 0 Å². The van der Waals surface area contributed by atoms with Crippen molar-refractivity contribution in [1.29, 1.82) is 0 Å². The summed E-state index contributed by atoms with van der Waals surface area (Å²) in [7, 11) is 0. The van der Waals surface area contributed by atoms with E-state index in [0.717, 1.165) is 6.92 Å². The van der Waals surface area contributed by atoms with Crippen LogP contribution in [0.1, 0.15) is 18.1 Å². The lowest BCUT2D eigenvalue weighted by atomic mass is 10.1. The van der Waals surface area contributed by atoms with Crippen LogP contribution in [0.15, 0.2) is 54.6 Å². The van der Waals surface area contributed by atoms with Crippen molar-refractivity contribution in [3.8, 4) is 22.5 Å². The third-order valence-corrected chi connectivity index (χ3v) is 4.01. The van der Waals surface area contributed by atoms with Crippen molar-refractivity contribution in [1.82, 2.24) is 9.97 Å². The van der Waals surface area contributed by atoms with Crippen molar-refractivity contribution >= 4 is 5.83 Å². The van der Waals surface area contributed by atoms with Crippen LogP contribution in [-0.2, 0) is 6.18 Å². The van der Waals surface area contributed by atoms with Crippen molar-refractivity contribution < 1.29 is 30.7 Å². The molecule has 0 saturated heterocycles. The van der Waals surface area contributed by atoms with Gasteiger partial charge in [-0.05, 0) is 24.6 Å². The SMILES string of the molecule is C/C(F)=C(\F)c1ccc(-c2cnc(-c3cc(F)c(C(F)(F)F)c(F)c3)nc2)cc1. The summed E-state index contributed by atoms with van der Waals surface area (Å²) in [6.07, 6.45) is -2.59. The summed E-state index contributed by atoms with van der Waals surface area (Å²) in [6, 6.07) is 6.69. The van der Waals surface area contributed by atoms with Crippen LogP contribution in [0.25, 0.3) is 28.3 Å². The minimum atomic E-state index is -5.17. The number of nitrogens with zero attached hydrogens (tertiary/aromatic N) is 2. The number of aromatic nitrogens is 2. The third-order valence-electron chi connectivity index (χ3n) is 4.01. The van der Waals surface area contributed by atoms with E-state index < -0.39 is 35.0 Å². The molecular weight excluding hydrogens is 401 g/mol. The van der Waals surface area contributed by atoms with E-state index in [1.807, 2.05) is 0 Å². The van der Waals surface area contributed by atoms with E-state index in [2.05, 4.69) is 9.97 Å². The van der Waals surface area contributed by atoms with Gasteiger partial charge in [0.15, 0.2) is 11.7 Å². The highest BCUT2D eigenvalue weighted by Gasteiger charge is 2.38. The molecule has 3 rings (SSSR count). The summed E-state index contributed by atoms with van der Waals surface area (Å²) in [6.45, 7) is 0.989. The highest BCUT2D eigenvalue weighted by atomic mass is 19.4. The molecule has 0 atom stereocenters. The van der Waals surface area contributed by atoms with Gasteiger partial charge < -0.3 is 0 Å². The molecule has 0 aliphatic rings. The van der Waals surface area contributed by atoms with Crippen molar-refractivity contribution in [3.63, 3.8) is 0 Å². The smallest absolute Gasteiger partial charge is 0.236 e. The third kappa shape index (κ3) is 4.28. The Morgan fingerprint density at radius 3 is 1.76 bits per heavy atom. The zero-order chi connectivity index (χ0) is 21.3. The molecule has 0 amide bonds. The molecule has 1 heterocycles. The summed E-state index contributed by atoms with van der Waals surface area (Å²) in [4.78, 5) is 7.83. The molecule has 1 aromatic heterocycles. The Labute approximate surface area is 160 Å². The van der Waals surface area contributed by atoms with Crippen LogP contribution < -0.4 is 0 Å². The van der Waals surface area contributed by atoms with Gasteiger partial charge in [0, 0.05) is 29.1 Å². The summed E-state index contributed by atoms with van der Waals surface area (Å²) < 4.78 is 91.9. The van der Waals surface area contributed by atoms with Gasteiger partial charge in [0.2, 0.25) is 0 Å². The molecule has 0 N–H and O–H groups in total. The number of hydrogen-bond donors (Lipinski definition) is 0. The molecule has 0 unspecified atom stereocenters. The first-order valence-corrected chi connectivity index (χ1v) is 8.09. The molecule has 0 aliphatic carbocycles. The zero-order valence-corrected chi connectivity index (χ0v) is 14.7. The maximum absolute atomic E-state index is 13.7. The van der Waals surface area contributed by atoms with Crippen molar-refractivity contribution in [2.24, 2.45) is 0 Å². The molecule has 2 nitrogen and oxygen atoms in total. The summed E-state index contributed by atoms with van der Waals surface area (Å²) >= 11 is 0. The second-order valence-corrected chi connectivity index (χ2v) is 6.03. The molecule has 0 saturated carbocycles. The molecule has 9 heteroatoms. The second kappa shape index (κ2) is 7.65. The van der Waals surface area contributed by atoms with Crippen molar-refractivity contribution in [2.75, 3.05) is 0 Å². The van der Waals surface area contributed by atoms with Gasteiger partial charge in [-0.1, -0.05) is 24.3 Å². The summed E-state index contributed by atoms with van der Waals surface area (Å²) in [5.74, 6) is -5.67. The molecule has 3 aromatic rings. The van der Waals surface area contributed by atoms with Crippen LogP contribution in [0, 0.1) is 11.6 Å². The number of allylic oxidation sites excluding steroid dienone is 1. The van der Waals surface area contributed by atoms with Crippen LogP contribution in [0.4, 0.5) is 30.7 Å². The van der Waals surface area contributed by atoms with Crippen LogP contribution in [0.3, 0.4) is 0 Å². The van der Waals surface area contributed by atoms with E-state index in [1.165, 1.54) is 36.7 Å². The Balaban J connectivity index is 1.90. The molecule has 0 aliphatic heterocycles. The first-order chi connectivity index (χ1) is 13.6. The van der Waals surface area contributed by atoms with E-state index in [0.29, 0.717) is 23.3 Å². The van der Waals surface area contributed by atoms with Crippen LogP contribution in [-0.4, -0.2) is 9.97 Å². The lowest BCUT2D eigenvalue weighted by Crippen LogP contribution is -2.11. The Kier molecular flexibility index (Phi) is 5.41. The van der Waals surface area contributed by atoms with Gasteiger partial charge in [-0.3, -0.25) is 0 Å². The normalized spacial score (nSPS) is 12.7. The fourth-order valence-corrected chi connectivity index (χ4v) is 2.61. The maximum atomic E-state index is 13.7. The van der Waals surface area contributed by atoms with E-state index in [-0.39, 0.29) is 17.0 Å². The van der Waals surface area contributed by atoms with Gasteiger partial charge >= 0.3 is 6.18 Å². The van der Waals surface area contributed by atoms with Gasteiger partial charge in [0.05, 0.1) is 0 Å². The molecule has 0 fully saturated rings. The van der Waals surface area contributed by atoms with E-state index in [1.54, 1.807) is 0 Å². The lowest BCUT2D eigenvalue weighted by molar-refractivity contribution is -0.142. The lowest BCUT2D eigenvalue weighted by Gasteiger charge is -2.11. The van der Waals surface area contributed by atoms with Crippen molar-refractivity contribution in [2.45, 2.75) is 13.1 Å². The number of rotatable bonds is 3. The largest absolute Gasteiger partial charge is 0.422 e. The van der Waals surface area contributed by atoms with E-state index >= 15 is 0 Å². The summed E-state index contributed by atoms with van der Waals surface area (Å²) in [5, 5.41) is 0. The Morgan fingerprint density at radius 1 is 0.793 bits per heavy atom. The number of alkyl halides is 3. The Hall–Kier alpha value is -3.23. The van der Waals surface area contributed by atoms with Gasteiger partial charge in [-0.2, -0.15) is 13.2 Å². The fraction of sp³-hybridized carbons (Fsp3) is 0.100. The molecule has 29 heavy (non-hydrogen) atoms. The number of benzene rings is 2. The van der Waals surface area contributed by atoms with E-state index in [9.17, 15) is 30.7 Å². The van der Waals surface area contributed by atoms with Crippen LogP contribution in [0.2, 0.25) is 0 Å². The number of halogens is 7. The van der Waals surface area contributed by atoms with Crippen LogP contribution in [0.5, 0.6) is 0 Å². The van der Waals surface area contributed by atoms with Gasteiger partial charge in [-0.15, -0.1) is 0 Å². The highest BCUT2D eigenvalue weighted by Crippen LogP contribution is 2.35. The zero-order valence-electron chi connectivity index (χ0n) is 14.7. The second-order valence-electron chi connectivity index (χ2n) is 6.03. The molecule has 0 spiro atoms. The maximum Gasteiger partial charge on any atom is 0.422 e. The monoisotopic (exact) mass is 412 g/mol. The molecular formula is C20H11F7N2. The average molecular weight is 412 g/mol. The first kappa shape index (κ1) is 20.5. The van der Waals surface area contributed by atoms with Gasteiger partial charge in [0.25, 0.3) is 0 Å². The minimum Gasteiger partial charge on any atom is -0.236 e. The molecule has 150 valence electrons. The predicted molar refractivity (Wildman–Crippen MR) is 92.6 cm³/mol. The minimum absolute atomic E-state index is 0.0435. The summed E-state index contributed by atoms with van der Waals surface area (Å²) in [5.41, 5.74) is -1.20. The van der Waals surface area contributed by atoms with Gasteiger partial charge in [-0.25, -0.2) is 27.5 Å². The molecule has 2 aromatic carbocycles. The standard InChI is InChI=1S/C20H11F7N2/c1-10(21)18(24)12-4-2-11(3-5-12)14-8-28-19(29-9-14)13-6-15(22)17(16(23)7-13)20(25,26)27/h2-9H,1H3/b18-10+. The van der Waals surface area contributed by atoms with Crippen LogP contribution >= 0.6 is 0 Å². The number of hydrogen-bond acceptors (Lipinski definition) is 2. The predicted octanol–water partition coefficient (Wildman–Crippen LogP) is 6.74. The fourth-order valence-electron chi connectivity index (χ4n) is 2.61. The molecule has 0 bridgehead atoms.